The van der Waals surface area contributed by atoms with E-state index in [1.807, 2.05) is 24.0 Å². The summed E-state index contributed by atoms with van der Waals surface area (Å²) in [6.45, 7) is 4.24. The molecule has 1 aliphatic heterocycles. The van der Waals surface area contributed by atoms with Crippen LogP contribution in [0, 0.1) is 6.92 Å². The van der Waals surface area contributed by atoms with Crippen LogP contribution in [-0.2, 0) is 13.5 Å². The summed E-state index contributed by atoms with van der Waals surface area (Å²) in [5.74, 6) is 0.896. The molecule has 118 valence electrons. The van der Waals surface area contributed by atoms with E-state index >= 15 is 0 Å². The zero-order valence-corrected chi connectivity index (χ0v) is 13.6. The largest absolute Gasteiger partial charge is 0.481 e. The lowest BCUT2D eigenvalue weighted by atomic mass is 10.0. The molecule has 3 rings (SSSR count). The van der Waals surface area contributed by atoms with Crippen molar-refractivity contribution >= 4 is 0 Å². The van der Waals surface area contributed by atoms with Gasteiger partial charge in [0.2, 0.25) is 5.88 Å². The molecule has 0 amide bonds. The molecule has 0 unspecified atom stereocenters. The highest BCUT2D eigenvalue weighted by Gasteiger charge is 2.31. The average molecular weight is 300 g/mol. The van der Waals surface area contributed by atoms with Gasteiger partial charge in [0, 0.05) is 37.9 Å². The van der Waals surface area contributed by atoms with E-state index in [9.17, 15) is 0 Å². The van der Waals surface area contributed by atoms with Crippen molar-refractivity contribution in [3.8, 4) is 5.88 Å². The quantitative estimate of drug-likeness (QED) is 0.851. The first-order valence-corrected chi connectivity index (χ1v) is 7.92. The van der Waals surface area contributed by atoms with Gasteiger partial charge in [-0.3, -0.25) is 9.88 Å². The Morgan fingerprint density at radius 1 is 1.36 bits per heavy atom. The Hall–Kier alpha value is -1.88. The van der Waals surface area contributed by atoms with Gasteiger partial charge in [0.15, 0.2) is 0 Å². The highest BCUT2D eigenvalue weighted by atomic mass is 16.5. The van der Waals surface area contributed by atoms with Crippen LogP contribution in [0.4, 0.5) is 0 Å². The van der Waals surface area contributed by atoms with Crippen molar-refractivity contribution in [2.45, 2.75) is 32.2 Å². The third-order valence-electron chi connectivity index (χ3n) is 4.49. The van der Waals surface area contributed by atoms with Crippen molar-refractivity contribution in [2.75, 3.05) is 20.2 Å². The van der Waals surface area contributed by atoms with Gasteiger partial charge in [0.1, 0.15) is 0 Å². The summed E-state index contributed by atoms with van der Waals surface area (Å²) in [5, 5.41) is 4.53. The molecule has 1 atom stereocenters. The standard InChI is InChI=1S/C17H24N4O/c1-13-16(17(22-3)20(2)19-13)15-8-6-11-21(15)12-9-14-7-4-5-10-18-14/h4-5,7,10,15H,6,8-9,11-12H2,1-3H3/t15-/m0/s1. The molecule has 1 aliphatic rings. The van der Waals surface area contributed by atoms with E-state index in [-0.39, 0.29) is 0 Å². The lowest BCUT2D eigenvalue weighted by Crippen LogP contribution is -2.26. The fourth-order valence-corrected chi connectivity index (χ4v) is 3.50. The van der Waals surface area contributed by atoms with Crippen LogP contribution in [0.15, 0.2) is 24.4 Å². The topological polar surface area (TPSA) is 43.2 Å². The molecule has 5 heteroatoms. The van der Waals surface area contributed by atoms with Crippen LogP contribution in [0.2, 0.25) is 0 Å². The van der Waals surface area contributed by atoms with Crippen LogP contribution in [0.3, 0.4) is 0 Å². The average Bonchev–Trinajstić information content (AvgIpc) is 3.09. The number of aromatic nitrogens is 3. The Morgan fingerprint density at radius 2 is 2.23 bits per heavy atom. The molecule has 1 saturated heterocycles. The maximum atomic E-state index is 5.58. The molecule has 0 aliphatic carbocycles. The molecule has 0 saturated carbocycles. The predicted molar refractivity (Wildman–Crippen MR) is 86.0 cm³/mol. The van der Waals surface area contributed by atoms with Crippen molar-refractivity contribution in [3.63, 3.8) is 0 Å². The number of ether oxygens (including phenoxy) is 1. The summed E-state index contributed by atoms with van der Waals surface area (Å²) >= 11 is 0. The summed E-state index contributed by atoms with van der Waals surface area (Å²) < 4.78 is 7.43. The van der Waals surface area contributed by atoms with Crippen LogP contribution in [0.5, 0.6) is 5.88 Å². The lowest BCUT2D eigenvalue weighted by molar-refractivity contribution is 0.251. The number of pyridine rings is 1. The predicted octanol–water partition coefficient (Wildman–Crippen LogP) is 2.51. The minimum Gasteiger partial charge on any atom is -0.481 e. The number of methoxy groups -OCH3 is 1. The second-order valence-electron chi connectivity index (χ2n) is 5.90. The minimum atomic E-state index is 0.410. The van der Waals surface area contributed by atoms with Gasteiger partial charge in [-0.1, -0.05) is 6.07 Å². The van der Waals surface area contributed by atoms with Crippen molar-refractivity contribution in [2.24, 2.45) is 7.05 Å². The Bertz CT molecular complexity index is 623. The number of aryl methyl sites for hydroxylation is 2. The maximum Gasteiger partial charge on any atom is 0.216 e. The first-order valence-electron chi connectivity index (χ1n) is 7.92. The van der Waals surface area contributed by atoms with Crippen LogP contribution in [0.1, 0.15) is 35.8 Å². The molecule has 3 heterocycles. The van der Waals surface area contributed by atoms with Gasteiger partial charge < -0.3 is 4.74 Å². The molecule has 2 aromatic rings. The molecule has 5 nitrogen and oxygen atoms in total. The zero-order chi connectivity index (χ0) is 15.5. The Balaban J connectivity index is 1.76. The van der Waals surface area contributed by atoms with E-state index in [1.54, 1.807) is 7.11 Å². The van der Waals surface area contributed by atoms with Gasteiger partial charge in [0.25, 0.3) is 0 Å². The maximum absolute atomic E-state index is 5.58. The second kappa shape index (κ2) is 6.48. The van der Waals surface area contributed by atoms with Crippen molar-refractivity contribution < 1.29 is 4.74 Å². The Morgan fingerprint density at radius 3 is 2.95 bits per heavy atom. The molecular formula is C17H24N4O. The highest BCUT2D eigenvalue weighted by Crippen LogP contribution is 2.38. The van der Waals surface area contributed by atoms with Gasteiger partial charge in [-0.05, 0) is 38.4 Å². The van der Waals surface area contributed by atoms with Crippen LogP contribution in [0.25, 0.3) is 0 Å². The summed E-state index contributed by atoms with van der Waals surface area (Å²) in [6.07, 6.45) is 5.25. The molecule has 0 spiro atoms. The molecule has 0 radical (unpaired) electrons. The monoisotopic (exact) mass is 300 g/mol. The van der Waals surface area contributed by atoms with Crippen molar-refractivity contribution in [3.05, 3.63) is 41.3 Å². The molecule has 0 bridgehead atoms. The number of rotatable bonds is 5. The molecule has 1 fully saturated rings. The van der Waals surface area contributed by atoms with Crippen molar-refractivity contribution in [1.82, 2.24) is 19.7 Å². The van der Waals surface area contributed by atoms with E-state index in [0.717, 1.165) is 36.8 Å². The highest BCUT2D eigenvalue weighted by molar-refractivity contribution is 5.35. The van der Waals surface area contributed by atoms with Gasteiger partial charge in [-0.2, -0.15) is 5.10 Å². The summed E-state index contributed by atoms with van der Waals surface area (Å²) in [7, 11) is 3.68. The first kappa shape index (κ1) is 15.0. The molecule has 22 heavy (non-hydrogen) atoms. The first-order chi connectivity index (χ1) is 10.7. The van der Waals surface area contributed by atoms with E-state index in [0.29, 0.717) is 6.04 Å². The smallest absolute Gasteiger partial charge is 0.216 e. The summed E-state index contributed by atoms with van der Waals surface area (Å²) in [6, 6.07) is 6.53. The lowest BCUT2D eigenvalue weighted by Gasteiger charge is -2.24. The SMILES string of the molecule is COc1c([C@@H]2CCCN2CCc2ccccn2)c(C)nn1C. The third kappa shape index (κ3) is 2.86. The van der Waals surface area contributed by atoms with Gasteiger partial charge in [0.05, 0.1) is 18.4 Å². The van der Waals surface area contributed by atoms with Crippen LogP contribution in [-0.4, -0.2) is 39.9 Å². The zero-order valence-electron chi connectivity index (χ0n) is 13.6. The summed E-state index contributed by atoms with van der Waals surface area (Å²) in [5.41, 5.74) is 3.49. The normalized spacial score (nSPS) is 18.8. The van der Waals surface area contributed by atoms with Gasteiger partial charge in [-0.25, -0.2) is 4.68 Å². The van der Waals surface area contributed by atoms with E-state index in [2.05, 4.69) is 34.0 Å². The second-order valence-corrected chi connectivity index (χ2v) is 5.90. The third-order valence-corrected chi connectivity index (χ3v) is 4.49. The Labute approximate surface area is 131 Å². The summed E-state index contributed by atoms with van der Waals surface area (Å²) in [4.78, 5) is 6.97. The molecule has 0 N–H and O–H groups in total. The van der Waals surface area contributed by atoms with E-state index < -0.39 is 0 Å². The molecular weight excluding hydrogens is 276 g/mol. The fourth-order valence-electron chi connectivity index (χ4n) is 3.50. The van der Waals surface area contributed by atoms with Gasteiger partial charge in [-0.15, -0.1) is 0 Å². The number of hydrogen-bond donors (Lipinski definition) is 0. The van der Waals surface area contributed by atoms with E-state index in [1.165, 1.54) is 18.4 Å². The number of hydrogen-bond acceptors (Lipinski definition) is 4. The van der Waals surface area contributed by atoms with Crippen LogP contribution >= 0.6 is 0 Å². The van der Waals surface area contributed by atoms with Gasteiger partial charge >= 0.3 is 0 Å². The molecule has 2 aromatic heterocycles. The minimum absolute atomic E-state index is 0.410. The van der Waals surface area contributed by atoms with E-state index in [4.69, 9.17) is 4.74 Å². The Kier molecular flexibility index (Phi) is 4.43. The van der Waals surface area contributed by atoms with Crippen LogP contribution < -0.4 is 4.74 Å². The fraction of sp³-hybridized carbons (Fsp3) is 0.529. The number of nitrogens with zero attached hydrogens (tertiary/aromatic N) is 4. The number of likely N-dealkylation sites (tertiary alicyclic amines) is 1. The molecule has 0 aromatic carbocycles. The van der Waals surface area contributed by atoms with Crippen molar-refractivity contribution in [1.29, 1.82) is 0 Å².